The molecule has 0 unspecified atom stereocenters. The summed E-state index contributed by atoms with van der Waals surface area (Å²) in [6, 6.07) is 3.66. The summed E-state index contributed by atoms with van der Waals surface area (Å²) < 4.78 is 7.29. The lowest BCUT2D eigenvalue weighted by atomic mass is 10.5. The van der Waals surface area contributed by atoms with Crippen LogP contribution in [0, 0.1) is 0 Å². The largest absolute Gasteiger partial charge is 0.383 e. The van der Waals surface area contributed by atoms with Crippen LogP contribution >= 0.6 is 15.9 Å². The number of anilines is 2. The summed E-state index contributed by atoms with van der Waals surface area (Å²) in [7, 11) is 1.63. The highest BCUT2D eigenvalue weighted by atomic mass is 79.9. The van der Waals surface area contributed by atoms with Gasteiger partial charge in [0.1, 0.15) is 0 Å². The number of rotatable bonds is 5. The molecule has 0 amide bonds. The smallest absolute Gasteiger partial charge is 0.244 e. The Hall–Kier alpha value is -1.67. The van der Waals surface area contributed by atoms with Crippen molar-refractivity contribution in [3.05, 3.63) is 22.8 Å². The fourth-order valence-corrected chi connectivity index (χ4v) is 1.56. The first-order chi connectivity index (χ1) is 8.70. The molecule has 0 radical (unpaired) electrons. The Labute approximate surface area is 113 Å². The van der Waals surface area contributed by atoms with Crippen molar-refractivity contribution in [2.75, 3.05) is 31.3 Å². The van der Waals surface area contributed by atoms with Gasteiger partial charge in [-0.15, -0.1) is 5.10 Å². The molecule has 0 aromatic carbocycles. The molecule has 7 nitrogen and oxygen atoms in total. The lowest BCUT2D eigenvalue weighted by Gasteiger charge is -2.01. The molecule has 3 N–H and O–H groups in total. The molecule has 2 rings (SSSR count). The average Bonchev–Trinajstić information content (AvgIpc) is 2.72. The number of nitrogen functional groups attached to an aromatic ring is 1. The number of ether oxygens (including phenoxy) is 1. The SMILES string of the molecule is COCCNc1nc(N)n(-c2ccc(Br)cn2)n1. The van der Waals surface area contributed by atoms with Crippen molar-refractivity contribution in [3.63, 3.8) is 0 Å². The van der Waals surface area contributed by atoms with Crippen molar-refractivity contribution in [2.24, 2.45) is 0 Å². The molecule has 2 aromatic rings. The summed E-state index contributed by atoms with van der Waals surface area (Å²) in [5.41, 5.74) is 5.78. The first-order valence-electron chi connectivity index (χ1n) is 5.28. The zero-order chi connectivity index (χ0) is 13.0. The summed E-state index contributed by atoms with van der Waals surface area (Å²) in [5.74, 6) is 1.35. The number of halogens is 1. The molecule has 0 saturated carbocycles. The van der Waals surface area contributed by atoms with Crippen molar-refractivity contribution in [1.82, 2.24) is 19.7 Å². The van der Waals surface area contributed by atoms with Crippen LogP contribution < -0.4 is 11.1 Å². The fraction of sp³-hybridized carbons (Fsp3) is 0.300. The summed E-state index contributed by atoms with van der Waals surface area (Å²) in [5, 5.41) is 7.22. The second-order valence-electron chi connectivity index (χ2n) is 3.46. The van der Waals surface area contributed by atoms with Crippen LogP contribution in [0.5, 0.6) is 0 Å². The Morgan fingerprint density at radius 2 is 2.33 bits per heavy atom. The Balaban J connectivity index is 2.16. The van der Waals surface area contributed by atoms with Gasteiger partial charge in [0.15, 0.2) is 5.82 Å². The van der Waals surface area contributed by atoms with Crippen molar-refractivity contribution in [3.8, 4) is 5.82 Å². The van der Waals surface area contributed by atoms with Gasteiger partial charge in [0.2, 0.25) is 11.9 Å². The van der Waals surface area contributed by atoms with Gasteiger partial charge in [-0.1, -0.05) is 0 Å². The number of nitrogens with zero attached hydrogens (tertiary/aromatic N) is 4. The number of nitrogens with one attached hydrogen (secondary N) is 1. The Morgan fingerprint density at radius 3 is 3.00 bits per heavy atom. The molecule has 0 atom stereocenters. The number of hydrogen-bond acceptors (Lipinski definition) is 6. The van der Waals surface area contributed by atoms with Crippen LogP contribution in [-0.2, 0) is 4.74 Å². The van der Waals surface area contributed by atoms with E-state index in [1.54, 1.807) is 19.4 Å². The fourth-order valence-electron chi connectivity index (χ4n) is 1.33. The molecule has 0 aliphatic carbocycles. The van der Waals surface area contributed by atoms with Crippen LogP contribution in [0.1, 0.15) is 0 Å². The van der Waals surface area contributed by atoms with E-state index in [1.807, 2.05) is 6.07 Å². The molecule has 0 aliphatic rings. The van der Waals surface area contributed by atoms with Crippen LogP contribution in [-0.4, -0.2) is 40.0 Å². The molecule has 0 spiro atoms. The second-order valence-corrected chi connectivity index (χ2v) is 4.38. The van der Waals surface area contributed by atoms with E-state index in [4.69, 9.17) is 10.5 Å². The summed E-state index contributed by atoms with van der Waals surface area (Å²) in [6.07, 6.45) is 1.68. The lowest BCUT2D eigenvalue weighted by Crippen LogP contribution is -2.09. The average molecular weight is 313 g/mol. The second kappa shape index (κ2) is 5.78. The van der Waals surface area contributed by atoms with Gasteiger partial charge in [-0.3, -0.25) is 0 Å². The monoisotopic (exact) mass is 312 g/mol. The summed E-state index contributed by atoms with van der Waals surface area (Å²) >= 11 is 3.32. The molecule has 0 bridgehead atoms. The minimum absolute atomic E-state index is 0.282. The number of methoxy groups -OCH3 is 1. The molecule has 2 aromatic heterocycles. The number of hydrogen-bond donors (Lipinski definition) is 2. The standard InChI is InChI=1S/C10H13BrN6O/c1-18-5-4-13-10-15-9(12)17(16-10)8-3-2-7(11)6-14-8/h2-3,6H,4-5H2,1H3,(H3,12,13,15,16). The van der Waals surface area contributed by atoms with E-state index in [-0.39, 0.29) is 5.95 Å². The van der Waals surface area contributed by atoms with Crippen LogP contribution in [0.3, 0.4) is 0 Å². The number of nitrogens with two attached hydrogens (primary N) is 1. The molecule has 0 saturated heterocycles. The molecule has 18 heavy (non-hydrogen) atoms. The van der Waals surface area contributed by atoms with E-state index in [1.165, 1.54) is 4.68 Å². The maximum absolute atomic E-state index is 5.78. The van der Waals surface area contributed by atoms with Gasteiger partial charge in [0, 0.05) is 24.3 Å². The van der Waals surface area contributed by atoms with Gasteiger partial charge >= 0.3 is 0 Å². The normalized spacial score (nSPS) is 10.6. The van der Waals surface area contributed by atoms with E-state index in [0.29, 0.717) is 24.9 Å². The van der Waals surface area contributed by atoms with Crippen molar-refractivity contribution in [2.45, 2.75) is 0 Å². The van der Waals surface area contributed by atoms with Crippen molar-refractivity contribution in [1.29, 1.82) is 0 Å². The highest BCUT2D eigenvalue weighted by Crippen LogP contribution is 2.14. The van der Waals surface area contributed by atoms with E-state index in [0.717, 1.165) is 4.47 Å². The Morgan fingerprint density at radius 1 is 1.50 bits per heavy atom. The van der Waals surface area contributed by atoms with Crippen LogP contribution in [0.25, 0.3) is 5.82 Å². The molecular formula is C10H13BrN6O. The van der Waals surface area contributed by atoms with Gasteiger partial charge in [0.05, 0.1) is 6.61 Å². The van der Waals surface area contributed by atoms with Gasteiger partial charge in [-0.05, 0) is 28.1 Å². The van der Waals surface area contributed by atoms with Crippen LogP contribution in [0.15, 0.2) is 22.8 Å². The third kappa shape index (κ3) is 2.96. The van der Waals surface area contributed by atoms with Gasteiger partial charge in [0.25, 0.3) is 0 Å². The third-order valence-electron chi connectivity index (χ3n) is 2.15. The third-order valence-corrected chi connectivity index (χ3v) is 2.62. The maximum atomic E-state index is 5.78. The number of aromatic nitrogens is 4. The van der Waals surface area contributed by atoms with E-state index < -0.39 is 0 Å². The first kappa shape index (κ1) is 12.8. The molecule has 0 fully saturated rings. The lowest BCUT2D eigenvalue weighted by molar-refractivity contribution is 0.210. The summed E-state index contributed by atoms with van der Waals surface area (Å²) in [6.45, 7) is 1.19. The topological polar surface area (TPSA) is 90.9 Å². The minimum Gasteiger partial charge on any atom is -0.383 e. The first-order valence-corrected chi connectivity index (χ1v) is 6.07. The van der Waals surface area contributed by atoms with Crippen LogP contribution in [0.2, 0.25) is 0 Å². The minimum atomic E-state index is 0.282. The van der Waals surface area contributed by atoms with Gasteiger partial charge in [-0.2, -0.15) is 9.67 Å². The van der Waals surface area contributed by atoms with Gasteiger partial charge < -0.3 is 15.8 Å². The summed E-state index contributed by atoms with van der Waals surface area (Å²) in [4.78, 5) is 8.29. The quantitative estimate of drug-likeness (QED) is 0.802. The van der Waals surface area contributed by atoms with Crippen LogP contribution in [0.4, 0.5) is 11.9 Å². The maximum Gasteiger partial charge on any atom is 0.244 e. The predicted octanol–water partition coefficient (Wildman–Crippen LogP) is 1.07. The van der Waals surface area contributed by atoms with Crippen molar-refractivity contribution < 1.29 is 4.74 Å². The van der Waals surface area contributed by atoms with E-state index in [2.05, 4.69) is 36.3 Å². The zero-order valence-electron chi connectivity index (χ0n) is 9.80. The zero-order valence-corrected chi connectivity index (χ0v) is 11.4. The molecule has 2 heterocycles. The van der Waals surface area contributed by atoms with E-state index >= 15 is 0 Å². The predicted molar refractivity (Wildman–Crippen MR) is 71.6 cm³/mol. The number of pyridine rings is 1. The highest BCUT2D eigenvalue weighted by Gasteiger charge is 2.09. The molecule has 96 valence electrons. The van der Waals surface area contributed by atoms with Crippen molar-refractivity contribution >= 4 is 27.8 Å². The Bertz CT molecular complexity index is 512. The molecule has 8 heteroatoms. The molecule has 0 aliphatic heterocycles. The Kier molecular flexibility index (Phi) is 4.11. The van der Waals surface area contributed by atoms with Gasteiger partial charge in [-0.25, -0.2) is 4.98 Å². The molecular weight excluding hydrogens is 300 g/mol. The van der Waals surface area contributed by atoms with E-state index in [9.17, 15) is 0 Å². The highest BCUT2D eigenvalue weighted by molar-refractivity contribution is 9.10.